The predicted octanol–water partition coefficient (Wildman–Crippen LogP) is 3.86. The fourth-order valence-electron chi connectivity index (χ4n) is 3.97. The fraction of sp³-hybridized carbons (Fsp3) is 0.444. The van der Waals surface area contributed by atoms with Crippen LogP contribution in [0.2, 0.25) is 0 Å². The summed E-state index contributed by atoms with van der Waals surface area (Å²) in [5, 5.41) is 15.4. The molecule has 0 saturated carbocycles. The second kappa shape index (κ2) is 13.5. The molecule has 0 aliphatic rings. The average Bonchev–Trinajstić information content (AvgIpc) is 3.36. The van der Waals surface area contributed by atoms with Gasteiger partial charge in [0.2, 0.25) is 11.7 Å². The minimum atomic E-state index is -0.824. The van der Waals surface area contributed by atoms with Crippen LogP contribution < -0.4 is 19.7 Å². The Morgan fingerprint density at radius 1 is 1.08 bits per heavy atom. The molecule has 2 aromatic carbocycles. The van der Waals surface area contributed by atoms with Gasteiger partial charge in [0.25, 0.3) is 5.91 Å². The Bertz CT molecular complexity index is 1230. The number of nitrogens with one attached hydrogen (secondary N) is 1. The molecule has 0 aliphatic carbocycles. The van der Waals surface area contributed by atoms with Crippen molar-refractivity contribution < 1.29 is 23.5 Å². The molecule has 1 atom stereocenters. The third kappa shape index (κ3) is 7.27. The third-order valence-electron chi connectivity index (χ3n) is 5.92. The Hall–Kier alpha value is -4.02. The van der Waals surface area contributed by atoms with Crippen molar-refractivity contribution in [1.29, 1.82) is 0 Å². The third-order valence-corrected chi connectivity index (χ3v) is 5.92. The van der Waals surface area contributed by atoms with Crippen molar-refractivity contribution in [3.8, 4) is 22.9 Å². The lowest BCUT2D eigenvalue weighted by Gasteiger charge is -2.31. The first-order valence-electron chi connectivity index (χ1n) is 12.6. The standard InChI is InChI=1S/C27H35FN6O4/c1-6-8-22(27(36)29-14-13-18(2)3)34(21-10-7-9-20(28)16-21)25(35)17-33-31-26(30-32-33)19-11-12-23(37-4)24(15-19)38-5/h7,9-12,15-16,18,22H,6,8,13-14,17H2,1-5H3,(H,29,36)/t22-/m1/s1. The van der Waals surface area contributed by atoms with Crippen molar-refractivity contribution in [3.63, 3.8) is 0 Å². The zero-order chi connectivity index (χ0) is 27.7. The number of hydrogen-bond acceptors (Lipinski definition) is 7. The number of carbonyl (C=O) groups is 2. The minimum Gasteiger partial charge on any atom is -0.493 e. The van der Waals surface area contributed by atoms with E-state index < -0.39 is 17.8 Å². The Morgan fingerprint density at radius 2 is 1.84 bits per heavy atom. The zero-order valence-electron chi connectivity index (χ0n) is 22.5. The molecule has 0 bridgehead atoms. The van der Waals surface area contributed by atoms with E-state index in [4.69, 9.17) is 9.47 Å². The predicted molar refractivity (Wildman–Crippen MR) is 141 cm³/mol. The summed E-state index contributed by atoms with van der Waals surface area (Å²) < 4.78 is 24.8. The zero-order valence-corrected chi connectivity index (χ0v) is 22.5. The molecule has 3 rings (SSSR count). The maximum absolute atomic E-state index is 14.2. The molecule has 0 aliphatic heterocycles. The monoisotopic (exact) mass is 526 g/mol. The Balaban J connectivity index is 1.88. The van der Waals surface area contributed by atoms with Gasteiger partial charge in [-0.1, -0.05) is 33.3 Å². The van der Waals surface area contributed by atoms with E-state index in [1.807, 2.05) is 6.92 Å². The van der Waals surface area contributed by atoms with Crippen molar-refractivity contribution in [1.82, 2.24) is 25.5 Å². The Labute approximate surface area is 222 Å². The van der Waals surface area contributed by atoms with Crippen molar-refractivity contribution in [2.45, 2.75) is 52.6 Å². The molecular formula is C27H35FN6O4. The first kappa shape index (κ1) is 28.5. The van der Waals surface area contributed by atoms with Crippen LogP contribution in [-0.4, -0.2) is 58.8 Å². The number of anilines is 1. The minimum absolute atomic E-state index is 0.285. The van der Waals surface area contributed by atoms with Crippen LogP contribution in [0.1, 0.15) is 40.0 Å². The van der Waals surface area contributed by atoms with Gasteiger partial charge < -0.3 is 14.8 Å². The highest BCUT2D eigenvalue weighted by atomic mass is 19.1. The largest absolute Gasteiger partial charge is 0.493 e. The number of hydrogen-bond donors (Lipinski definition) is 1. The number of rotatable bonds is 13. The molecule has 38 heavy (non-hydrogen) atoms. The van der Waals surface area contributed by atoms with Crippen LogP contribution in [0.3, 0.4) is 0 Å². The summed E-state index contributed by atoms with van der Waals surface area (Å²) in [5.41, 5.74) is 0.907. The summed E-state index contributed by atoms with van der Waals surface area (Å²) in [6, 6.07) is 10.0. The average molecular weight is 527 g/mol. The van der Waals surface area contributed by atoms with Crippen molar-refractivity contribution in [3.05, 3.63) is 48.3 Å². The first-order chi connectivity index (χ1) is 18.3. The number of aromatic nitrogens is 4. The van der Waals surface area contributed by atoms with Crippen molar-refractivity contribution >= 4 is 17.5 Å². The Kier molecular flexibility index (Phi) is 10.1. The Morgan fingerprint density at radius 3 is 2.50 bits per heavy atom. The number of amides is 2. The van der Waals surface area contributed by atoms with Gasteiger partial charge in [-0.25, -0.2) is 4.39 Å². The summed E-state index contributed by atoms with van der Waals surface area (Å²) in [7, 11) is 3.07. The van der Waals surface area contributed by atoms with Gasteiger partial charge in [-0.2, -0.15) is 4.80 Å². The van der Waals surface area contributed by atoms with Crippen LogP contribution in [0, 0.1) is 11.7 Å². The normalized spacial score (nSPS) is 11.8. The maximum Gasteiger partial charge on any atom is 0.251 e. The van der Waals surface area contributed by atoms with E-state index in [2.05, 4.69) is 34.6 Å². The molecule has 1 aromatic heterocycles. The number of halogens is 1. The van der Waals surface area contributed by atoms with E-state index >= 15 is 0 Å². The number of benzene rings is 2. The van der Waals surface area contributed by atoms with Crippen LogP contribution in [0.5, 0.6) is 11.5 Å². The quantitative estimate of drug-likeness (QED) is 0.360. The van der Waals surface area contributed by atoms with Crippen LogP contribution in [0.15, 0.2) is 42.5 Å². The first-order valence-corrected chi connectivity index (χ1v) is 12.6. The van der Waals surface area contributed by atoms with E-state index in [0.29, 0.717) is 42.4 Å². The van der Waals surface area contributed by atoms with Gasteiger partial charge in [0.15, 0.2) is 11.5 Å². The summed E-state index contributed by atoms with van der Waals surface area (Å²) in [5.74, 6) is 0.489. The van der Waals surface area contributed by atoms with Gasteiger partial charge in [0.1, 0.15) is 18.4 Å². The molecule has 2 amide bonds. The van der Waals surface area contributed by atoms with Crippen LogP contribution in [0.25, 0.3) is 11.4 Å². The molecule has 204 valence electrons. The van der Waals surface area contributed by atoms with Crippen LogP contribution >= 0.6 is 0 Å². The fourth-order valence-corrected chi connectivity index (χ4v) is 3.97. The molecular weight excluding hydrogens is 491 g/mol. The molecule has 0 saturated heterocycles. The number of nitrogens with zero attached hydrogens (tertiary/aromatic N) is 5. The molecule has 11 heteroatoms. The van der Waals surface area contributed by atoms with Gasteiger partial charge in [-0.05, 0) is 60.4 Å². The molecule has 0 radical (unpaired) electrons. The van der Waals surface area contributed by atoms with E-state index in [1.165, 1.54) is 30.2 Å². The summed E-state index contributed by atoms with van der Waals surface area (Å²) in [6.45, 7) is 6.26. The maximum atomic E-state index is 14.2. The topological polar surface area (TPSA) is 111 Å². The van der Waals surface area contributed by atoms with E-state index in [9.17, 15) is 14.0 Å². The van der Waals surface area contributed by atoms with Crippen LogP contribution in [0.4, 0.5) is 10.1 Å². The SMILES string of the molecule is CCC[C@H](C(=O)NCCC(C)C)N(C(=O)Cn1nnc(-c2ccc(OC)c(OC)c2)n1)c1cccc(F)c1. The van der Waals surface area contributed by atoms with Gasteiger partial charge in [-0.3, -0.25) is 14.5 Å². The van der Waals surface area contributed by atoms with E-state index in [0.717, 1.165) is 11.2 Å². The molecule has 0 spiro atoms. The molecule has 10 nitrogen and oxygen atoms in total. The summed E-state index contributed by atoms with van der Waals surface area (Å²) >= 11 is 0. The number of methoxy groups -OCH3 is 2. The van der Waals surface area contributed by atoms with Gasteiger partial charge in [-0.15, -0.1) is 10.2 Å². The highest BCUT2D eigenvalue weighted by Gasteiger charge is 2.31. The molecule has 1 N–H and O–H groups in total. The second-order valence-electron chi connectivity index (χ2n) is 9.23. The summed E-state index contributed by atoms with van der Waals surface area (Å²) in [6.07, 6.45) is 1.85. The number of tetrazole rings is 1. The lowest BCUT2D eigenvalue weighted by Crippen LogP contribution is -2.51. The van der Waals surface area contributed by atoms with E-state index in [1.54, 1.807) is 31.4 Å². The lowest BCUT2D eigenvalue weighted by atomic mass is 10.1. The lowest BCUT2D eigenvalue weighted by molar-refractivity contribution is -0.127. The highest BCUT2D eigenvalue weighted by Crippen LogP contribution is 2.30. The molecule has 1 heterocycles. The highest BCUT2D eigenvalue weighted by molar-refractivity contribution is 6.00. The smallest absolute Gasteiger partial charge is 0.251 e. The van der Waals surface area contributed by atoms with Crippen molar-refractivity contribution in [2.75, 3.05) is 25.7 Å². The van der Waals surface area contributed by atoms with Gasteiger partial charge in [0.05, 0.1) is 14.2 Å². The van der Waals surface area contributed by atoms with E-state index in [-0.39, 0.29) is 24.0 Å². The second-order valence-corrected chi connectivity index (χ2v) is 9.23. The molecule has 0 fully saturated rings. The number of ether oxygens (including phenoxy) is 2. The summed E-state index contributed by atoms with van der Waals surface area (Å²) in [4.78, 5) is 29.3. The molecule has 3 aromatic rings. The van der Waals surface area contributed by atoms with Crippen LogP contribution in [-0.2, 0) is 16.1 Å². The number of carbonyl (C=O) groups excluding carboxylic acids is 2. The van der Waals surface area contributed by atoms with Gasteiger partial charge >= 0.3 is 0 Å². The molecule has 0 unspecified atom stereocenters. The van der Waals surface area contributed by atoms with Gasteiger partial charge in [0, 0.05) is 17.8 Å². The van der Waals surface area contributed by atoms with Crippen molar-refractivity contribution in [2.24, 2.45) is 5.92 Å².